The van der Waals surface area contributed by atoms with Gasteiger partial charge in [-0.05, 0) is 24.1 Å². The van der Waals surface area contributed by atoms with Gasteiger partial charge in [-0.25, -0.2) is 23.7 Å². The number of hydrogen-bond acceptors (Lipinski definition) is 7. The molecule has 1 aliphatic rings. The van der Waals surface area contributed by atoms with Crippen LogP contribution in [0.2, 0.25) is 0 Å². The van der Waals surface area contributed by atoms with Crippen LogP contribution in [0.15, 0.2) is 36.8 Å². The lowest BCUT2D eigenvalue weighted by Crippen LogP contribution is -2.45. The maximum absolute atomic E-state index is 13.7. The number of hydrogen-bond donors (Lipinski definition) is 2. The van der Waals surface area contributed by atoms with Crippen LogP contribution in [0.5, 0.6) is 0 Å². The van der Waals surface area contributed by atoms with Crippen molar-refractivity contribution in [2.45, 2.75) is 12.3 Å². The molecular formula is C20H23F2N7. The molecule has 3 aromatic rings. The molecule has 0 bridgehead atoms. The molecule has 1 unspecified atom stereocenters. The number of fused-ring (bicyclic) bond motifs is 1. The van der Waals surface area contributed by atoms with Gasteiger partial charge in [0.05, 0.1) is 17.8 Å². The number of rotatable bonds is 5. The lowest BCUT2D eigenvalue weighted by Gasteiger charge is -2.30. The molecule has 152 valence electrons. The van der Waals surface area contributed by atoms with Crippen molar-refractivity contribution in [3.8, 4) is 11.3 Å². The number of pyridine rings is 2. The Bertz CT molecular complexity index is 992. The van der Waals surface area contributed by atoms with Crippen LogP contribution in [-0.4, -0.2) is 59.6 Å². The summed E-state index contributed by atoms with van der Waals surface area (Å²) < 4.78 is 27.3. The SMILES string of the molecule is CN(C)c1ccc(-c2cc3nccnc3c(NCC3CNCC(F)(F)C3)n2)cn1. The van der Waals surface area contributed by atoms with Crippen LogP contribution in [-0.2, 0) is 0 Å². The Kier molecular flexibility index (Phi) is 5.23. The minimum Gasteiger partial charge on any atom is -0.368 e. The maximum atomic E-state index is 13.7. The van der Waals surface area contributed by atoms with E-state index in [1.165, 1.54) is 0 Å². The Morgan fingerprint density at radius 3 is 2.76 bits per heavy atom. The Balaban J connectivity index is 1.62. The van der Waals surface area contributed by atoms with Gasteiger partial charge in [0.1, 0.15) is 11.3 Å². The monoisotopic (exact) mass is 399 g/mol. The third-order valence-corrected chi connectivity index (χ3v) is 4.92. The molecule has 0 amide bonds. The fraction of sp³-hybridized carbons (Fsp3) is 0.400. The summed E-state index contributed by atoms with van der Waals surface area (Å²) in [6.45, 7) is 0.659. The van der Waals surface area contributed by atoms with Gasteiger partial charge in [-0.2, -0.15) is 0 Å². The minimum absolute atomic E-state index is 0.147. The zero-order valence-corrected chi connectivity index (χ0v) is 16.4. The van der Waals surface area contributed by atoms with Crippen LogP contribution in [0, 0.1) is 5.92 Å². The zero-order chi connectivity index (χ0) is 20.4. The molecule has 9 heteroatoms. The van der Waals surface area contributed by atoms with Crippen LogP contribution < -0.4 is 15.5 Å². The van der Waals surface area contributed by atoms with Crippen molar-refractivity contribution in [2.75, 3.05) is 43.9 Å². The van der Waals surface area contributed by atoms with Gasteiger partial charge < -0.3 is 15.5 Å². The molecule has 4 rings (SSSR count). The maximum Gasteiger partial charge on any atom is 0.260 e. The van der Waals surface area contributed by atoms with E-state index in [0.29, 0.717) is 35.6 Å². The van der Waals surface area contributed by atoms with Crippen molar-refractivity contribution in [2.24, 2.45) is 5.92 Å². The fourth-order valence-electron chi connectivity index (χ4n) is 3.46. The first-order valence-electron chi connectivity index (χ1n) is 9.49. The number of halogens is 2. The predicted molar refractivity (Wildman–Crippen MR) is 109 cm³/mol. The quantitative estimate of drug-likeness (QED) is 0.683. The topological polar surface area (TPSA) is 78.9 Å². The Hall–Kier alpha value is -2.94. The van der Waals surface area contributed by atoms with Gasteiger partial charge in [-0.1, -0.05) is 0 Å². The van der Waals surface area contributed by atoms with Crippen molar-refractivity contribution >= 4 is 22.7 Å². The molecule has 3 aromatic heterocycles. The van der Waals surface area contributed by atoms with E-state index in [0.717, 1.165) is 11.4 Å². The van der Waals surface area contributed by atoms with E-state index in [1.807, 2.05) is 37.2 Å². The molecule has 2 N–H and O–H groups in total. The van der Waals surface area contributed by atoms with E-state index >= 15 is 0 Å². The fourth-order valence-corrected chi connectivity index (χ4v) is 3.46. The first-order valence-corrected chi connectivity index (χ1v) is 9.49. The number of nitrogens with zero attached hydrogens (tertiary/aromatic N) is 5. The predicted octanol–water partition coefficient (Wildman–Crippen LogP) is 2.81. The average Bonchev–Trinajstić information content (AvgIpc) is 2.71. The van der Waals surface area contributed by atoms with Crippen molar-refractivity contribution < 1.29 is 8.78 Å². The van der Waals surface area contributed by atoms with Crippen molar-refractivity contribution in [1.82, 2.24) is 25.3 Å². The van der Waals surface area contributed by atoms with Gasteiger partial charge in [0.15, 0.2) is 5.82 Å². The normalized spacial score (nSPS) is 18.6. The Morgan fingerprint density at radius 2 is 2.03 bits per heavy atom. The smallest absolute Gasteiger partial charge is 0.260 e. The van der Waals surface area contributed by atoms with Crippen LogP contribution in [0.4, 0.5) is 20.4 Å². The summed E-state index contributed by atoms with van der Waals surface area (Å²) >= 11 is 0. The summed E-state index contributed by atoms with van der Waals surface area (Å²) in [5, 5.41) is 6.02. The highest BCUT2D eigenvalue weighted by atomic mass is 19.3. The second-order valence-corrected chi connectivity index (χ2v) is 7.52. The second kappa shape index (κ2) is 7.82. The van der Waals surface area contributed by atoms with Gasteiger partial charge in [0.2, 0.25) is 0 Å². The summed E-state index contributed by atoms with van der Waals surface area (Å²) in [5.41, 5.74) is 2.84. The third kappa shape index (κ3) is 4.40. The van der Waals surface area contributed by atoms with Crippen LogP contribution in [0.3, 0.4) is 0 Å². The van der Waals surface area contributed by atoms with Crippen LogP contribution in [0.25, 0.3) is 22.3 Å². The lowest BCUT2D eigenvalue weighted by atomic mass is 9.97. The van der Waals surface area contributed by atoms with Gasteiger partial charge >= 0.3 is 0 Å². The number of alkyl halides is 2. The molecule has 29 heavy (non-hydrogen) atoms. The summed E-state index contributed by atoms with van der Waals surface area (Å²) in [6, 6.07) is 5.72. The van der Waals surface area contributed by atoms with Crippen molar-refractivity contribution in [1.29, 1.82) is 0 Å². The molecule has 0 radical (unpaired) electrons. The standard InChI is InChI=1S/C20H23F2N7/c1-29(2)17-4-3-14(11-26-17)15-7-16-18(25-6-5-24-16)19(28-15)27-10-13-8-20(21,22)12-23-9-13/h3-7,11,13,23H,8-10,12H2,1-2H3,(H,27,28). The molecule has 0 spiro atoms. The Labute approximate surface area is 167 Å². The average molecular weight is 399 g/mol. The molecule has 7 nitrogen and oxygen atoms in total. The van der Waals surface area contributed by atoms with Crippen LogP contribution >= 0.6 is 0 Å². The number of nitrogens with one attached hydrogen (secondary N) is 2. The van der Waals surface area contributed by atoms with Gasteiger partial charge in [-0.15, -0.1) is 0 Å². The lowest BCUT2D eigenvalue weighted by molar-refractivity contribution is -0.0370. The third-order valence-electron chi connectivity index (χ3n) is 4.92. The van der Waals surface area contributed by atoms with Crippen LogP contribution in [0.1, 0.15) is 6.42 Å². The largest absolute Gasteiger partial charge is 0.368 e. The van der Waals surface area contributed by atoms with Gasteiger partial charge in [0.25, 0.3) is 5.92 Å². The summed E-state index contributed by atoms with van der Waals surface area (Å²) in [5.74, 6) is -1.49. The van der Waals surface area contributed by atoms with E-state index in [1.54, 1.807) is 18.6 Å². The highest BCUT2D eigenvalue weighted by molar-refractivity contribution is 5.88. The van der Waals surface area contributed by atoms with Crippen molar-refractivity contribution in [3.05, 3.63) is 36.8 Å². The van der Waals surface area contributed by atoms with E-state index in [9.17, 15) is 8.78 Å². The summed E-state index contributed by atoms with van der Waals surface area (Å²) in [4.78, 5) is 19.8. The molecule has 1 atom stereocenters. The summed E-state index contributed by atoms with van der Waals surface area (Å²) in [6.07, 6.45) is 4.83. The summed E-state index contributed by atoms with van der Waals surface area (Å²) in [7, 11) is 3.86. The van der Waals surface area contributed by atoms with E-state index in [-0.39, 0.29) is 18.9 Å². The highest BCUT2D eigenvalue weighted by Crippen LogP contribution is 2.28. The van der Waals surface area contributed by atoms with Gasteiger partial charge in [-0.3, -0.25) is 4.98 Å². The minimum atomic E-state index is -2.68. The van der Waals surface area contributed by atoms with E-state index < -0.39 is 5.92 Å². The molecule has 0 saturated carbocycles. The second-order valence-electron chi connectivity index (χ2n) is 7.52. The number of aromatic nitrogens is 4. The first-order chi connectivity index (χ1) is 13.9. The number of piperidine rings is 1. The molecule has 4 heterocycles. The van der Waals surface area contributed by atoms with Crippen molar-refractivity contribution in [3.63, 3.8) is 0 Å². The highest BCUT2D eigenvalue weighted by Gasteiger charge is 2.36. The molecule has 1 aliphatic heterocycles. The van der Waals surface area contributed by atoms with Gasteiger partial charge in [0, 0.05) is 57.8 Å². The first kappa shape index (κ1) is 19.4. The Morgan fingerprint density at radius 1 is 1.21 bits per heavy atom. The molecule has 0 aromatic carbocycles. The molecule has 1 saturated heterocycles. The van der Waals surface area contributed by atoms with E-state index in [2.05, 4.69) is 25.6 Å². The molecular weight excluding hydrogens is 376 g/mol. The zero-order valence-electron chi connectivity index (χ0n) is 16.4. The molecule has 0 aliphatic carbocycles. The molecule has 1 fully saturated rings. The number of anilines is 2. The van der Waals surface area contributed by atoms with E-state index in [4.69, 9.17) is 4.98 Å².